The summed E-state index contributed by atoms with van der Waals surface area (Å²) >= 11 is 0. The van der Waals surface area contributed by atoms with Gasteiger partial charge in [-0.05, 0) is 36.5 Å². The van der Waals surface area contributed by atoms with Gasteiger partial charge in [0.15, 0.2) is 11.5 Å². The Morgan fingerprint density at radius 3 is 2.32 bits per heavy atom. The number of nitrogens with zero attached hydrogens (tertiary/aromatic N) is 2. The van der Waals surface area contributed by atoms with Crippen LogP contribution in [0, 0.1) is 5.92 Å². The van der Waals surface area contributed by atoms with E-state index in [2.05, 4.69) is 13.8 Å². The number of benzene rings is 1. The lowest BCUT2D eigenvalue weighted by Crippen LogP contribution is -2.51. The van der Waals surface area contributed by atoms with Gasteiger partial charge >= 0.3 is 6.09 Å². The van der Waals surface area contributed by atoms with Crippen LogP contribution in [0.2, 0.25) is 0 Å². The summed E-state index contributed by atoms with van der Waals surface area (Å²) in [7, 11) is 0. The van der Waals surface area contributed by atoms with E-state index in [0.29, 0.717) is 58.3 Å². The third-order valence-electron chi connectivity index (χ3n) is 5.35. The first-order chi connectivity index (χ1) is 13.5. The summed E-state index contributed by atoms with van der Waals surface area (Å²) in [6, 6.07) is 5.97. The topological polar surface area (TPSA) is 68.3 Å². The fraction of sp³-hybridized carbons (Fsp3) is 0.619. The third-order valence-corrected chi connectivity index (χ3v) is 5.35. The number of carbonyl (C=O) groups excluding carboxylic acids is 2. The molecule has 1 aromatic carbocycles. The van der Waals surface area contributed by atoms with Crippen LogP contribution >= 0.6 is 0 Å². The number of hydrogen-bond donors (Lipinski definition) is 0. The number of rotatable bonds is 5. The Hall–Kier alpha value is -2.44. The first-order valence-electron chi connectivity index (χ1n) is 10.1. The average molecular weight is 390 g/mol. The Bertz CT molecular complexity index is 698. The number of hydrogen-bond acceptors (Lipinski definition) is 5. The average Bonchev–Trinajstić information content (AvgIpc) is 2.71. The summed E-state index contributed by atoms with van der Waals surface area (Å²) in [6.07, 6.45) is 0.141. The summed E-state index contributed by atoms with van der Waals surface area (Å²) < 4.78 is 16.3. The molecular weight excluding hydrogens is 360 g/mol. The van der Waals surface area contributed by atoms with E-state index in [1.807, 2.05) is 23.1 Å². The van der Waals surface area contributed by atoms with E-state index in [1.165, 1.54) is 0 Å². The maximum atomic E-state index is 12.9. The molecule has 0 saturated carbocycles. The van der Waals surface area contributed by atoms with E-state index in [9.17, 15) is 9.59 Å². The SMILES string of the molecule is CCOC(=O)N1CCN(C(=O)CC(c2ccc3c(c2)OCCO3)C(C)C)CC1. The fourth-order valence-electron chi connectivity index (χ4n) is 3.70. The van der Waals surface area contributed by atoms with Gasteiger partial charge in [0.1, 0.15) is 13.2 Å². The Kier molecular flexibility index (Phi) is 6.65. The lowest BCUT2D eigenvalue weighted by atomic mass is 9.85. The molecule has 0 bridgehead atoms. The molecule has 154 valence electrons. The van der Waals surface area contributed by atoms with Crippen molar-refractivity contribution < 1.29 is 23.8 Å². The van der Waals surface area contributed by atoms with Gasteiger partial charge in [-0.25, -0.2) is 4.79 Å². The first kappa shape index (κ1) is 20.3. The second-order valence-corrected chi connectivity index (χ2v) is 7.52. The van der Waals surface area contributed by atoms with Gasteiger partial charge in [0.2, 0.25) is 5.91 Å². The van der Waals surface area contributed by atoms with Gasteiger partial charge in [0.25, 0.3) is 0 Å². The number of fused-ring (bicyclic) bond motifs is 1. The van der Waals surface area contributed by atoms with E-state index in [0.717, 1.165) is 17.1 Å². The summed E-state index contributed by atoms with van der Waals surface area (Å²) in [5, 5.41) is 0. The van der Waals surface area contributed by atoms with Crippen molar-refractivity contribution in [1.82, 2.24) is 9.80 Å². The van der Waals surface area contributed by atoms with Crippen LogP contribution in [0.25, 0.3) is 0 Å². The highest BCUT2D eigenvalue weighted by molar-refractivity contribution is 5.78. The minimum absolute atomic E-state index is 0.103. The predicted octanol–water partition coefficient (Wildman–Crippen LogP) is 2.89. The van der Waals surface area contributed by atoms with Crippen LogP contribution in [0.4, 0.5) is 4.79 Å². The van der Waals surface area contributed by atoms with Crippen molar-refractivity contribution in [2.24, 2.45) is 5.92 Å². The molecule has 0 aromatic heterocycles. The van der Waals surface area contributed by atoms with Crippen molar-refractivity contribution in [2.75, 3.05) is 46.0 Å². The van der Waals surface area contributed by atoms with E-state index < -0.39 is 0 Å². The maximum Gasteiger partial charge on any atom is 0.409 e. The highest BCUT2D eigenvalue weighted by Gasteiger charge is 2.28. The molecule has 2 heterocycles. The Balaban J connectivity index is 1.62. The minimum atomic E-state index is -0.300. The molecular formula is C21H30N2O5. The molecule has 7 heteroatoms. The van der Waals surface area contributed by atoms with E-state index in [4.69, 9.17) is 14.2 Å². The van der Waals surface area contributed by atoms with Crippen LogP contribution in [0.3, 0.4) is 0 Å². The maximum absolute atomic E-state index is 12.9. The molecule has 1 saturated heterocycles. The molecule has 1 aromatic rings. The zero-order chi connectivity index (χ0) is 20.1. The molecule has 28 heavy (non-hydrogen) atoms. The number of amides is 2. The highest BCUT2D eigenvalue weighted by Crippen LogP contribution is 2.36. The zero-order valence-corrected chi connectivity index (χ0v) is 17.0. The highest BCUT2D eigenvalue weighted by atomic mass is 16.6. The summed E-state index contributed by atoms with van der Waals surface area (Å²) in [5.41, 5.74) is 1.10. The summed E-state index contributed by atoms with van der Waals surface area (Å²) in [4.78, 5) is 28.2. The van der Waals surface area contributed by atoms with Crippen molar-refractivity contribution in [1.29, 1.82) is 0 Å². The molecule has 1 unspecified atom stereocenters. The Morgan fingerprint density at radius 2 is 1.68 bits per heavy atom. The molecule has 1 atom stereocenters. The van der Waals surface area contributed by atoms with Gasteiger partial charge in [0.05, 0.1) is 6.61 Å². The van der Waals surface area contributed by atoms with E-state index in [1.54, 1.807) is 11.8 Å². The zero-order valence-electron chi connectivity index (χ0n) is 17.0. The molecule has 0 spiro atoms. The van der Waals surface area contributed by atoms with Crippen molar-refractivity contribution in [3.8, 4) is 11.5 Å². The lowest BCUT2D eigenvalue weighted by Gasteiger charge is -2.35. The van der Waals surface area contributed by atoms with Crippen LogP contribution in [0.1, 0.15) is 38.7 Å². The summed E-state index contributed by atoms with van der Waals surface area (Å²) in [6.45, 7) is 9.66. The fourth-order valence-corrected chi connectivity index (χ4v) is 3.70. The van der Waals surface area contributed by atoms with Crippen LogP contribution in [-0.2, 0) is 9.53 Å². The Labute approximate surface area is 166 Å². The molecule has 0 aliphatic carbocycles. The quantitative estimate of drug-likeness (QED) is 0.773. The molecule has 1 fully saturated rings. The first-order valence-corrected chi connectivity index (χ1v) is 10.1. The largest absolute Gasteiger partial charge is 0.486 e. The van der Waals surface area contributed by atoms with Crippen LogP contribution in [0.5, 0.6) is 11.5 Å². The molecule has 2 aliphatic rings. The third kappa shape index (κ3) is 4.69. The van der Waals surface area contributed by atoms with Crippen molar-refractivity contribution in [2.45, 2.75) is 33.1 Å². The van der Waals surface area contributed by atoms with Gasteiger partial charge in [-0.15, -0.1) is 0 Å². The normalized spacial score (nSPS) is 17.4. The van der Waals surface area contributed by atoms with Crippen molar-refractivity contribution in [3.63, 3.8) is 0 Å². The molecule has 7 nitrogen and oxygen atoms in total. The minimum Gasteiger partial charge on any atom is -0.486 e. The van der Waals surface area contributed by atoms with Crippen LogP contribution < -0.4 is 9.47 Å². The van der Waals surface area contributed by atoms with Crippen molar-refractivity contribution in [3.05, 3.63) is 23.8 Å². The molecule has 0 radical (unpaired) electrons. The predicted molar refractivity (Wildman–Crippen MR) is 105 cm³/mol. The van der Waals surface area contributed by atoms with Crippen LogP contribution in [0.15, 0.2) is 18.2 Å². The number of piperazine rings is 1. The van der Waals surface area contributed by atoms with E-state index >= 15 is 0 Å². The monoisotopic (exact) mass is 390 g/mol. The Morgan fingerprint density at radius 1 is 1.04 bits per heavy atom. The smallest absolute Gasteiger partial charge is 0.409 e. The molecule has 0 N–H and O–H groups in total. The molecule has 2 aliphatic heterocycles. The number of carbonyl (C=O) groups is 2. The standard InChI is InChI=1S/C21H30N2O5/c1-4-26-21(25)23-9-7-22(8-10-23)20(24)14-17(15(2)3)16-5-6-18-19(13-16)28-12-11-27-18/h5-6,13,15,17H,4,7-12,14H2,1-3H3. The molecule has 2 amide bonds. The number of ether oxygens (including phenoxy) is 3. The van der Waals surface area contributed by atoms with Gasteiger partial charge in [0, 0.05) is 32.6 Å². The second-order valence-electron chi connectivity index (χ2n) is 7.52. The lowest BCUT2D eigenvalue weighted by molar-refractivity contribution is -0.133. The second kappa shape index (κ2) is 9.17. The van der Waals surface area contributed by atoms with Gasteiger partial charge < -0.3 is 24.0 Å². The van der Waals surface area contributed by atoms with Crippen molar-refractivity contribution >= 4 is 12.0 Å². The van der Waals surface area contributed by atoms with Gasteiger partial charge in [-0.3, -0.25) is 4.79 Å². The van der Waals surface area contributed by atoms with Gasteiger partial charge in [-0.1, -0.05) is 19.9 Å². The van der Waals surface area contributed by atoms with E-state index in [-0.39, 0.29) is 17.9 Å². The summed E-state index contributed by atoms with van der Waals surface area (Å²) in [5.74, 6) is 2.06. The molecule has 3 rings (SSSR count). The van der Waals surface area contributed by atoms with Crippen LogP contribution in [-0.4, -0.2) is 67.8 Å². The van der Waals surface area contributed by atoms with Gasteiger partial charge in [-0.2, -0.15) is 0 Å².